The number of halogens is 1. The van der Waals surface area contributed by atoms with E-state index in [1.165, 1.54) is 11.8 Å². The molecule has 0 saturated heterocycles. The molecule has 1 heterocycles. The van der Waals surface area contributed by atoms with Gasteiger partial charge in [0.1, 0.15) is 5.03 Å². The van der Waals surface area contributed by atoms with E-state index in [0.717, 1.165) is 27.3 Å². The summed E-state index contributed by atoms with van der Waals surface area (Å²) in [5.41, 5.74) is 4.29. The Bertz CT molecular complexity index is 1150. The molecular formula is C23H18ClN3OS. The highest BCUT2D eigenvalue weighted by Crippen LogP contribution is 2.26. The first-order chi connectivity index (χ1) is 14.2. The van der Waals surface area contributed by atoms with Crippen molar-refractivity contribution in [2.45, 2.75) is 11.4 Å². The number of para-hydroxylation sites is 3. The first-order valence-electron chi connectivity index (χ1n) is 9.16. The van der Waals surface area contributed by atoms with Crippen LogP contribution in [0.3, 0.4) is 0 Å². The molecule has 1 N–H and O–H groups in total. The van der Waals surface area contributed by atoms with Gasteiger partial charge in [0.15, 0.2) is 0 Å². The van der Waals surface area contributed by atoms with Gasteiger partial charge in [0.05, 0.1) is 33.2 Å². The number of fused-ring (bicyclic) bond motifs is 1. The summed E-state index contributed by atoms with van der Waals surface area (Å²) in [5, 5.41) is 4.13. The molecule has 0 aliphatic rings. The normalized spacial score (nSPS) is 10.8. The Labute approximate surface area is 178 Å². The summed E-state index contributed by atoms with van der Waals surface area (Å²) in [6.45, 7) is 0. The van der Waals surface area contributed by atoms with Gasteiger partial charge in [0.2, 0.25) is 5.91 Å². The molecule has 4 rings (SSSR count). The zero-order valence-electron chi connectivity index (χ0n) is 15.5. The first kappa shape index (κ1) is 19.4. The number of amides is 1. The van der Waals surface area contributed by atoms with E-state index in [1.807, 2.05) is 54.6 Å². The zero-order chi connectivity index (χ0) is 20.1. The molecule has 0 atom stereocenters. The lowest BCUT2D eigenvalue weighted by molar-refractivity contribution is -0.113. The molecule has 29 heavy (non-hydrogen) atoms. The lowest BCUT2D eigenvalue weighted by Crippen LogP contribution is -2.14. The number of rotatable bonds is 6. The van der Waals surface area contributed by atoms with Crippen LogP contribution in [0.1, 0.15) is 11.3 Å². The van der Waals surface area contributed by atoms with E-state index < -0.39 is 0 Å². The van der Waals surface area contributed by atoms with E-state index in [0.29, 0.717) is 17.1 Å². The minimum absolute atomic E-state index is 0.135. The lowest BCUT2D eigenvalue weighted by Gasteiger charge is -2.10. The van der Waals surface area contributed by atoms with Crippen LogP contribution in [-0.4, -0.2) is 21.6 Å². The summed E-state index contributed by atoms with van der Waals surface area (Å²) < 4.78 is 0. The van der Waals surface area contributed by atoms with Gasteiger partial charge in [-0.3, -0.25) is 4.79 Å². The number of aromatic nitrogens is 2. The van der Waals surface area contributed by atoms with Crippen molar-refractivity contribution in [1.29, 1.82) is 0 Å². The predicted molar refractivity (Wildman–Crippen MR) is 120 cm³/mol. The lowest BCUT2D eigenvalue weighted by atomic mass is 10.1. The Morgan fingerprint density at radius 2 is 1.52 bits per heavy atom. The van der Waals surface area contributed by atoms with Crippen molar-refractivity contribution < 1.29 is 4.79 Å². The first-order valence-corrected chi connectivity index (χ1v) is 10.5. The SMILES string of the molecule is O=C(CSc1nc2ccccc2nc1Cc1ccccc1)Nc1ccccc1Cl. The summed E-state index contributed by atoms with van der Waals surface area (Å²) in [5.74, 6) is 0.0868. The van der Waals surface area contributed by atoms with Gasteiger partial charge in [-0.05, 0) is 29.8 Å². The van der Waals surface area contributed by atoms with Crippen LogP contribution in [0.25, 0.3) is 11.0 Å². The van der Waals surface area contributed by atoms with E-state index in [-0.39, 0.29) is 11.7 Å². The highest BCUT2D eigenvalue weighted by molar-refractivity contribution is 8.00. The van der Waals surface area contributed by atoms with Gasteiger partial charge in [-0.15, -0.1) is 0 Å². The number of benzene rings is 3. The summed E-state index contributed by atoms with van der Waals surface area (Å²) in [6, 6.07) is 25.1. The Balaban J connectivity index is 1.55. The quantitative estimate of drug-likeness (QED) is 0.413. The largest absolute Gasteiger partial charge is 0.324 e. The van der Waals surface area contributed by atoms with Crippen LogP contribution in [-0.2, 0) is 11.2 Å². The third-order valence-electron chi connectivity index (χ3n) is 4.31. The van der Waals surface area contributed by atoms with Gasteiger partial charge in [-0.2, -0.15) is 0 Å². The predicted octanol–water partition coefficient (Wildman–Crippen LogP) is 5.60. The molecule has 0 aliphatic heterocycles. The fourth-order valence-corrected chi connectivity index (χ4v) is 3.89. The number of nitrogens with one attached hydrogen (secondary N) is 1. The van der Waals surface area contributed by atoms with Gasteiger partial charge in [-0.25, -0.2) is 9.97 Å². The molecule has 6 heteroatoms. The van der Waals surface area contributed by atoms with Crippen molar-refractivity contribution >= 4 is 46.0 Å². The maximum Gasteiger partial charge on any atom is 0.234 e. The van der Waals surface area contributed by atoms with Crippen LogP contribution >= 0.6 is 23.4 Å². The highest BCUT2D eigenvalue weighted by Gasteiger charge is 2.13. The Hall–Kier alpha value is -2.89. The van der Waals surface area contributed by atoms with E-state index in [9.17, 15) is 4.79 Å². The van der Waals surface area contributed by atoms with E-state index in [1.54, 1.807) is 12.1 Å². The molecule has 1 amide bonds. The van der Waals surface area contributed by atoms with Crippen LogP contribution in [0.2, 0.25) is 5.02 Å². The van der Waals surface area contributed by atoms with Crippen molar-refractivity contribution in [1.82, 2.24) is 9.97 Å². The molecule has 0 radical (unpaired) electrons. The number of carbonyl (C=O) groups excluding carboxylic acids is 1. The van der Waals surface area contributed by atoms with Gasteiger partial charge >= 0.3 is 0 Å². The fourth-order valence-electron chi connectivity index (χ4n) is 2.92. The molecule has 3 aromatic carbocycles. The summed E-state index contributed by atoms with van der Waals surface area (Å²) in [4.78, 5) is 22.0. The van der Waals surface area contributed by atoms with Crippen molar-refractivity contribution in [2.75, 3.05) is 11.1 Å². The average molecular weight is 420 g/mol. The molecule has 0 bridgehead atoms. The topological polar surface area (TPSA) is 54.9 Å². The molecule has 144 valence electrons. The molecule has 0 saturated carbocycles. The number of carbonyl (C=O) groups is 1. The molecule has 1 aromatic heterocycles. The van der Waals surface area contributed by atoms with Crippen molar-refractivity contribution in [2.24, 2.45) is 0 Å². The fraction of sp³-hybridized carbons (Fsp3) is 0.0870. The van der Waals surface area contributed by atoms with E-state index >= 15 is 0 Å². The Morgan fingerprint density at radius 3 is 2.28 bits per heavy atom. The van der Waals surface area contributed by atoms with Crippen LogP contribution in [0.15, 0.2) is 83.9 Å². The number of hydrogen-bond donors (Lipinski definition) is 1. The van der Waals surface area contributed by atoms with Crippen molar-refractivity contribution in [3.63, 3.8) is 0 Å². The third kappa shape index (κ3) is 4.94. The molecule has 0 unspecified atom stereocenters. The monoisotopic (exact) mass is 419 g/mol. The van der Waals surface area contributed by atoms with Crippen LogP contribution in [0, 0.1) is 0 Å². The summed E-state index contributed by atoms with van der Waals surface area (Å²) in [6.07, 6.45) is 0.660. The van der Waals surface area contributed by atoms with Gasteiger partial charge < -0.3 is 5.32 Å². The number of nitrogens with zero attached hydrogens (tertiary/aromatic N) is 2. The minimum atomic E-state index is -0.135. The number of hydrogen-bond acceptors (Lipinski definition) is 4. The standard InChI is InChI=1S/C23H18ClN3OS/c24-17-10-4-5-11-18(17)26-22(28)15-29-23-21(14-16-8-2-1-3-9-16)25-19-12-6-7-13-20(19)27-23/h1-13H,14-15H2,(H,26,28). The second-order valence-electron chi connectivity index (χ2n) is 6.44. The van der Waals surface area contributed by atoms with Crippen LogP contribution < -0.4 is 5.32 Å². The molecule has 0 fully saturated rings. The van der Waals surface area contributed by atoms with Gasteiger partial charge in [0.25, 0.3) is 0 Å². The maximum atomic E-state index is 12.4. The second-order valence-corrected chi connectivity index (χ2v) is 7.81. The van der Waals surface area contributed by atoms with E-state index in [4.69, 9.17) is 21.6 Å². The zero-order valence-corrected chi connectivity index (χ0v) is 17.1. The molecule has 4 aromatic rings. The molecular weight excluding hydrogens is 402 g/mol. The Morgan fingerprint density at radius 1 is 0.862 bits per heavy atom. The number of thioether (sulfide) groups is 1. The summed E-state index contributed by atoms with van der Waals surface area (Å²) in [7, 11) is 0. The molecule has 4 nitrogen and oxygen atoms in total. The van der Waals surface area contributed by atoms with Gasteiger partial charge in [0, 0.05) is 6.42 Å². The average Bonchev–Trinajstić information content (AvgIpc) is 2.74. The maximum absolute atomic E-state index is 12.4. The molecule has 0 aliphatic carbocycles. The molecule has 0 spiro atoms. The Kier molecular flexibility index (Phi) is 6.08. The van der Waals surface area contributed by atoms with Crippen LogP contribution in [0.5, 0.6) is 0 Å². The number of anilines is 1. The summed E-state index contributed by atoms with van der Waals surface area (Å²) >= 11 is 7.51. The minimum Gasteiger partial charge on any atom is -0.324 e. The second kappa shape index (κ2) is 9.07. The van der Waals surface area contributed by atoms with Gasteiger partial charge in [-0.1, -0.05) is 78.0 Å². The van der Waals surface area contributed by atoms with Crippen molar-refractivity contribution in [3.05, 3.63) is 95.1 Å². The third-order valence-corrected chi connectivity index (χ3v) is 5.64. The van der Waals surface area contributed by atoms with E-state index in [2.05, 4.69) is 17.4 Å². The van der Waals surface area contributed by atoms with Crippen molar-refractivity contribution in [3.8, 4) is 0 Å². The van der Waals surface area contributed by atoms with Crippen LogP contribution in [0.4, 0.5) is 5.69 Å². The smallest absolute Gasteiger partial charge is 0.234 e. The highest BCUT2D eigenvalue weighted by atomic mass is 35.5.